The number of nitrogens with one attached hydrogen (secondary N) is 2. The van der Waals surface area contributed by atoms with Gasteiger partial charge in [0.05, 0.1) is 65.2 Å². The molecule has 0 fully saturated rings. The summed E-state index contributed by atoms with van der Waals surface area (Å²) in [6.45, 7) is 0.913. The number of H-pyrrole nitrogens is 1. The van der Waals surface area contributed by atoms with Crippen molar-refractivity contribution in [2.75, 3.05) is 19.7 Å². The second kappa shape index (κ2) is 14.6. The van der Waals surface area contributed by atoms with Crippen molar-refractivity contribution in [2.24, 2.45) is 0 Å². The van der Waals surface area contributed by atoms with Crippen LogP contribution in [0.4, 0.5) is 13.2 Å². The monoisotopic (exact) mass is 608 g/mol. The van der Waals surface area contributed by atoms with E-state index in [1.807, 2.05) is 6.07 Å². The van der Waals surface area contributed by atoms with Crippen molar-refractivity contribution in [3.63, 3.8) is 0 Å². The summed E-state index contributed by atoms with van der Waals surface area (Å²) in [6.07, 6.45) is -1.34. The molecule has 0 saturated carbocycles. The normalized spacial score (nSPS) is 13.1. The van der Waals surface area contributed by atoms with E-state index in [1.165, 1.54) is 6.08 Å². The molecule has 0 unspecified atom stereocenters. The number of ether oxygens (including phenoxy) is 1. The molecule has 46 heavy (non-hydrogen) atoms. The molecule has 0 saturated heterocycles. The molecular weight excluding hydrogens is 582 g/mol. The maximum absolute atomic E-state index is 13.9. The summed E-state index contributed by atoms with van der Waals surface area (Å²) >= 11 is 0. The number of nitrogens with zero attached hydrogens (tertiary/aromatic N) is 2. The lowest BCUT2D eigenvalue weighted by molar-refractivity contribution is -0.127. The molecule has 0 aliphatic heterocycles. The van der Waals surface area contributed by atoms with Gasteiger partial charge in [0.15, 0.2) is 0 Å². The number of rotatable bonds is 13. The molecule has 15 heteroatoms. The Morgan fingerprint density at radius 2 is 1.54 bits per heavy atom. The standard InChI is InChI=1S/C31H25B6F3N4O2/c32-30(33,34)44(31(35,36)37)27(45)7-4-14-41-15-16-46-24-11-8-21(9-12-24)28(22-10-13-26-23(17-22)19-42-43-26)25(18-29(38,39)40)20-5-2-1-3-6-20/h1-13,17,19,41H,14-16,18H2,(H,42,43)/b7-4+,28-25+. The van der Waals surface area contributed by atoms with E-state index in [1.54, 1.807) is 72.9 Å². The molecule has 6 nitrogen and oxygen atoms in total. The molecule has 0 bridgehead atoms. The minimum absolute atomic E-state index is 0.147. The molecule has 4 aromatic rings. The van der Waals surface area contributed by atoms with Crippen molar-refractivity contribution in [2.45, 2.75) is 23.1 Å². The van der Waals surface area contributed by atoms with Gasteiger partial charge in [0, 0.05) is 24.6 Å². The third-order valence-corrected chi connectivity index (χ3v) is 6.74. The van der Waals surface area contributed by atoms with Gasteiger partial charge in [0.25, 0.3) is 0 Å². The third kappa shape index (κ3) is 9.52. The van der Waals surface area contributed by atoms with Crippen LogP contribution in [-0.4, -0.2) is 104 Å². The van der Waals surface area contributed by atoms with E-state index >= 15 is 0 Å². The van der Waals surface area contributed by atoms with E-state index in [0.29, 0.717) is 39.5 Å². The first-order valence-electron chi connectivity index (χ1n) is 14.1. The number of benzene rings is 3. The number of amides is 1. The van der Waals surface area contributed by atoms with E-state index < -0.39 is 29.0 Å². The lowest BCUT2D eigenvalue weighted by Crippen LogP contribution is -2.65. The first-order chi connectivity index (χ1) is 21.6. The second-order valence-electron chi connectivity index (χ2n) is 10.6. The summed E-state index contributed by atoms with van der Waals surface area (Å²) in [7, 11) is 33.2. The fourth-order valence-corrected chi connectivity index (χ4v) is 4.88. The Balaban J connectivity index is 1.47. The molecule has 0 aliphatic rings. The van der Waals surface area contributed by atoms with Gasteiger partial charge in [-0.05, 0) is 52.1 Å². The zero-order valence-corrected chi connectivity index (χ0v) is 24.8. The van der Waals surface area contributed by atoms with Crippen molar-refractivity contribution in [3.05, 3.63) is 108 Å². The fraction of sp³-hybridized carbons (Fsp3) is 0.226. The van der Waals surface area contributed by atoms with Crippen molar-refractivity contribution < 1.29 is 22.7 Å². The molecule has 3 aromatic carbocycles. The Morgan fingerprint density at radius 3 is 2.17 bits per heavy atom. The van der Waals surface area contributed by atoms with Crippen molar-refractivity contribution in [3.8, 4) is 5.75 Å². The molecule has 1 heterocycles. The van der Waals surface area contributed by atoms with Crippen molar-refractivity contribution >= 4 is 75.0 Å². The highest BCUT2D eigenvalue weighted by atomic mass is 19.4. The summed E-state index contributed by atoms with van der Waals surface area (Å²) in [4.78, 5) is 12.9. The zero-order valence-electron chi connectivity index (χ0n) is 24.8. The largest absolute Gasteiger partial charge is 0.492 e. The predicted octanol–water partition coefficient (Wildman–Crippen LogP) is 3.06. The fourth-order valence-electron chi connectivity index (χ4n) is 4.88. The van der Waals surface area contributed by atoms with Gasteiger partial charge in [-0.1, -0.05) is 65.1 Å². The Kier molecular flexibility index (Phi) is 11.1. The number of hydrogen-bond donors (Lipinski definition) is 2. The van der Waals surface area contributed by atoms with Gasteiger partial charge in [-0.25, -0.2) is 0 Å². The van der Waals surface area contributed by atoms with Crippen LogP contribution in [0.3, 0.4) is 0 Å². The highest BCUT2D eigenvalue weighted by molar-refractivity contribution is 6.64. The maximum atomic E-state index is 13.9. The van der Waals surface area contributed by atoms with Gasteiger partial charge in [-0.2, -0.15) is 18.3 Å². The minimum atomic E-state index is -4.44. The highest BCUT2D eigenvalue weighted by Crippen LogP contribution is 2.40. The van der Waals surface area contributed by atoms with Gasteiger partial charge in [0.1, 0.15) is 12.4 Å². The molecule has 12 radical (unpaired) electrons. The summed E-state index contributed by atoms with van der Waals surface area (Å²) in [5.74, 6) is -0.272. The molecule has 0 aliphatic carbocycles. The number of halogens is 3. The second-order valence-corrected chi connectivity index (χ2v) is 10.6. The van der Waals surface area contributed by atoms with Gasteiger partial charge in [-0.3, -0.25) is 9.89 Å². The topological polar surface area (TPSA) is 70.2 Å². The Labute approximate surface area is 274 Å². The molecule has 0 spiro atoms. The highest BCUT2D eigenvalue weighted by Gasteiger charge is 2.32. The summed E-state index contributed by atoms with van der Waals surface area (Å²) in [6, 6.07) is 20.8. The maximum Gasteiger partial charge on any atom is 0.393 e. The third-order valence-electron chi connectivity index (χ3n) is 6.74. The molecule has 4 rings (SSSR count). The first-order valence-corrected chi connectivity index (χ1v) is 14.1. The number of allylic oxidation sites excluding steroid dienone is 1. The van der Waals surface area contributed by atoms with Crippen LogP contribution in [0.1, 0.15) is 23.1 Å². The number of aromatic nitrogens is 2. The quantitative estimate of drug-likeness (QED) is 0.106. The number of aromatic amines is 1. The average molecular weight is 607 g/mol. The van der Waals surface area contributed by atoms with Crippen LogP contribution in [0.15, 0.2) is 91.1 Å². The van der Waals surface area contributed by atoms with Gasteiger partial charge in [0.2, 0.25) is 5.91 Å². The van der Waals surface area contributed by atoms with Crippen LogP contribution in [0.25, 0.3) is 22.0 Å². The van der Waals surface area contributed by atoms with Crippen LogP contribution in [0, 0.1) is 0 Å². The Morgan fingerprint density at radius 1 is 0.891 bits per heavy atom. The number of alkyl halides is 3. The number of fused-ring (bicyclic) bond motifs is 1. The van der Waals surface area contributed by atoms with Crippen LogP contribution >= 0.6 is 0 Å². The summed E-state index contributed by atoms with van der Waals surface area (Å²) in [5.41, 5.74) is 3.05. The zero-order chi connectivity index (χ0) is 33.5. The molecule has 220 valence electrons. The van der Waals surface area contributed by atoms with Crippen LogP contribution in [0.5, 0.6) is 5.75 Å². The Hall–Kier alpha value is -3.98. The molecule has 2 N–H and O–H groups in total. The van der Waals surface area contributed by atoms with Gasteiger partial charge < -0.3 is 15.0 Å². The molecular formula is C31H25B6F3N4O2. The summed E-state index contributed by atoms with van der Waals surface area (Å²) < 4.78 is 47.6. The number of hydrogen-bond acceptors (Lipinski definition) is 4. The van der Waals surface area contributed by atoms with E-state index in [4.69, 9.17) is 51.8 Å². The van der Waals surface area contributed by atoms with Crippen LogP contribution in [-0.2, 0) is 4.79 Å². The Bertz CT molecular complexity index is 1670. The molecule has 1 amide bonds. The van der Waals surface area contributed by atoms with E-state index in [2.05, 4.69) is 15.5 Å². The average Bonchev–Trinajstić information content (AvgIpc) is 3.43. The molecule has 0 atom stereocenters. The van der Waals surface area contributed by atoms with Gasteiger partial charge in [-0.15, -0.1) is 0 Å². The van der Waals surface area contributed by atoms with Crippen LogP contribution in [0.2, 0.25) is 0 Å². The van der Waals surface area contributed by atoms with Gasteiger partial charge >= 0.3 is 6.18 Å². The first kappa shape index (κ1) is 34.9. The lowest BCUT2D eigenvalue weighted by Gasteiger charge is -2.48. The van der Waals surface area contributed by atoms with E-state index in [-0.39, 0.29) is 18.7 Å². The lowest BCUT2D eigenvalue weighted by atomic mass is 9.40. The molecule has 1 aromatic heterocycles. The van der Waals surface area contributed by atoms with Crippen molar-refractivity contribution in [1.29, 1.82) is 0 Å². The van der Waals surface area contributed by atoms with E-state index in [9.17, 15) is 18.0 Å². The predicted molar refractivity (Wildman–Crippen MR) is 180 cm³/mol. The smallest absolute Gasteiger partial charge is 0.393 e. The number of carbonyl (C=O) groups excluding carboxylic acids is 1. The SMILES string of the molecule is [B]C([B])([B])N(C(=O)/C=C/CNCCOc1ccc(/C(=C(/CC(F)(F)F)c2ccccc2)c2ccc3[nH]ncc3c2)cc1)C([B])([B])[B]. The summed E-state index contributed by atoms with van der Waals surface area (Å²) in [5, 5.41) is 6.38. The van der Waals surface area contributed by atoms with E-state index in [0.717, 1.165) is 17.0 Å². The minimum Gasteiger partial charge on any atom is -0.492 e. The van der Waals surface area contributed by atoms with Crippen LogP contribution < -0.4 is 10.1 Å². The number of carbonyl (C=O) groups is 1. The van der Waals surface area contributed by atoms with Crippen molar-refractivity contribution in [1.82, 2.24) is 20.4 Å².